The molecule has 0 saturated carbocycles. The summed E-state index contributed by atoms with van der Waals surface area (Å²) in [6, 6.07) is 0. The first kappa shape index (κ1) is 29.3. The lowest BCUT2D eigenvalue weighted by Gasteiger charge is -2.26. The maximum absolute atomic E-state index is 13.5. The second-order valence-corrected chi connectivity index (χ2v) is 10.8. The zero-order valence-corrected chi connectivity index (χ0v) is 21.2. The largest absolute Gasteiger partial charge is 0.458 e. The summed E-state index contributed by atoms with van der Waals surface area (Å²) in [4.78, 5) is 0. The second kappa shape index (κ2) is 19.0. The van der Waals surface area contributed by atoms with Crippen LogP contribution in [0.3, 0.4) is 0 Å². The summed E-state index contributed by atoms with van der Waals surface area (Å²) in [5, 5.41) is 0. The van der Waals surface area contributed by atoms with Gasteiger partial charge in [0.1, 0.15) is 0 Å². The fraction of sp³-hybridized carbons (Fsp3) is 1.00. The van der Waals surface area contributed by atoms with Crippen molar-refractivity contribution in [3.63, 3.8) is 0 Å². The van der Waals surface area contributed by atoms with Crippen LogP contribution in [-0.2, 0) is 27.2 Å². The number of rotatable bonds is 21. The van der Waals surface area contributed by atoms with Crippen molar-refractivity contribution < 1.29 is 27.2 Å². The van der Waals surface area contributed by atoms with E-state index in [0.29, 0.717) is 33.0 Å². The Hall–Kier alpha value is 0.260. The fourth-order valence-corrected chi connectivity index (χ4v) is 6.24. The third kappa shape index (κ3) is 14.8. The lowest BCUT2D eigenvalue weighted by Crippen LogP contribution is -2.06. The number of nitrogens with zero attached hydrogens (tertiary/aromatic N) is 1. The molecule has 0 saturated heterocycles. The minimum Gasteiger partial charge on any atom is -0.302 e. The Balaban J connectivity index is 5.76. The maximum atomic E-state index is 13.5. The molecule has 0 atom stereocenters. The summed E-state index contributed by atoms with van der Waals surface area (Å²) < 4.78 is 47.3. The van der Waals surface area contributed by atoms with E-state index in [1.165, 1.54) is 0 Å². The smallest absolute Gasteiger partial charge is 0.302 e. The Morgan fingerprint density at radius 3 is 1.07 bits per heavy atom. The summed E-state index contributed by atoms with van der Waals surface area (Å²) in [5.74, 6) is 0. The number of unbranched alkanes of at least 4 members (excludes halogenated alkanes) is 5. The maximum Gasteiger partial charge on any atom is 0.458 e. The molecule has 0 spiro atoms. The molecule has 176 valence electrons. The minimum atomic E-state index is -3.75. The van der Waals surface area contributed by atoms with Crippen molar-refractivity contribution >= 4 is 15.5 Å². The molecule has 0 radical (unpaired) electrons. The van der Waals surface area contributed by atoms with E-state index in [0.717, 1.165) is 64.2 Å². The van der Waals surface area contributed by atoms with Crippen LogP contribution in [0.2, 0.25) is 0 Å². The van der Waals surface area contributed by atoms with Gasteiger partial charge in [-0.3, -0.25) is 9.05 Å². The van der Waals surface area contributed by atoms with Crippen LogP contribution in [0.5, 0.6) is 0 Å². The molecule has 7 nitrogen and oxygen atoms in total. The van der Waals surface area contributed by atoms with Gasteiger partial charge in [-0.1, -0.05) is 66.7 Å². The van der Waals surface area contributed by atoms with Crippen LogP contribution in [0.4, 0.5) is 0 Å². The van der Waals surface area contributed by atoms with Gasteiger partial charge < -0.3 is 13.6 Å². The first-order valence-corrected chi connectivity index (χ1v) is 14.5. The van der Waals surface area contributed by atoms with E-state index in [1.807, 2.05) is 0 Å². The van der Waals surface area contributed by atoms with Crippen molar-refractivity contribution in [1.29, 1.82) is 0 Å². The predicted octanol–water partition coefficient (Wildman–Crippen LogP) is 8.12. The van der Waals surface area contributed by atoms with Crippen molar-refractivity contribution in [2.75, 3.05) is 33.0 Å². The van der Waals surface area contributed by atoms with E-state index >= 15 is 0 Å². The van der Waals surface area contributed by atoms with E-state index in [9.17, 15) is 4.57 Å². The Morgan fingerprint density at radius 1 is 0.517 bits per heavy atom. The lowest BCUT2D eigenvalue weighted by atomic mass is 10.4. The normalized spacial score (nSPS) is 12.4. The molecule has 0 unspecified atom stereocenters. The van der Waals surface area contributed by atoms with Crippen LogP contribution in [0.25, 0.3) is 0 Å². The van der Waals surface area contributed by atoms with Gasteiger partial charge in [-0.15, -0.1) is 4.52 Å². The molecule has 0 aromatic heterocycles. The van der Waals surface area contributed by atoms with Crippen molar-refractivity contribution in [1.82, 2.24) is 0 Å². The van der Waals surface area contributed by atoms with Gasteiger partial charge in [0.15, 0.2) is 0 Å². The highest BCUT2D eigenvalue weighted by atomic mass is 31.2. The third-order valence-electron chi connectivity index (χ3n) is 3.98. The van der Waals surface area contributed by atoms with Gasteiger partial charge in [0.2, 0.25) is 0 Å². The van der Waals surface area contributed by atoms with E-state index in [1.54, 1.807) is 0 Å². The van der Waals surface area contributed by atoms with E-state index in [-0.39, 0.29) is 0 Å². The quantitative estimate of drug-likeness (QED) is 0.128. The topological polar surface area (TPSA) is 75.6 Å². The summed E-state index contributed by atoms with van der Waals surface area (Å²) >= 11 is 0. The van der Waals surface area contributed by atoms with Gasteiger partial charge in [0.25, 0.3) is 0 Å². The second-order valence-electron chi connectivity index (χ2n) is 6.96. The van der Waals surface area contributed by atoms with Crippen LogP contribution in [0.15, 0.2) is 4.52 Å². The van der Waals surface area contributed by atoms with Gasteiger partial charge in [0, 0.05) is 0 Å². The van der Waals surface area contributed by atoms with Gasteiger partial charge in [-0.2, -0.15) is 0 Å². The molecule has 0 heterocycles. The molecule has 0 amide bonds. The van der Waals surface area contributed by atoms with Crippen molar-refractivity contribution in [2.24, 2.45) is 4.52 Å². The van der Waals surface area contributed by atoms with Crippen LogP contribution in [-0.4, -0.2) is 33.0 Å². The Kier molecular flexibility index (Phi) is 19.2. The van der Waals surface area contributed by atoms with Crippen LogP contribution in [0.1, 0.15) is 98.8 Å². The molecule has 0 aromatic carbocycles. The average molecular weight is 458 g/mol. The first-order valence-electron chi connectivity index (χ1n) is 11.5. The third-order valence-corrected chi connectivity index (χ3v) is 8.28. The summed E-state index contributed by atoms with van der Waals surface area (Å²) in [5.41, 5.74) is 0. The standard InChI is InChI=1S/C20H45NO6P2/c1-6-11-16-23-28(22,24-17-12-7-2)21-29(25-18-13-8-3,26-19-14-9-4)27-20-15-10-5/h6-20H2,1-5H3. The molecule has 0 rings (SSSR count). The Morgan fingerprint density at radius 2 is 0.793 bits per heavy atom. The Labute approximate surface area is 179 Å². The minimum absolute atomic E-state index is 0.322. The van der Waals surface area contributed by atoms with Gasteiger partial charge >= 0.3 is 15.5 Å². The van der Waals surface area contributed by atoms with E-state index in [2.05, 4.69) is 39.1 Å². The van der Waals surface area contributed by atoms with Gasteiger partial charge in [-0.05, 0) is 32.1 Å². The Bertz CT molecular complexity index is 429. The summed E-state index contributed by atoms with van der Waals surface area (Å²) in [6.45, 7) is 12.3. The van der Waals surface area contributed by atoms with E-state index < -0.39 is 15.5 Å². The van der Waals surface area contributed by atoms with Crippen molar-refractivity contribution in [2.45, 2.75) is 98.8 Å². The summed E-state index contributed by atoms with van der Waals surface area (Å²) in [7, 11) is -6.94. The average Bonchev–Trinajstić information content (AvgIpc) is 2.69. The molecule has 0 bridgehead atoms. The fourth-order valence-electron chi connectivity index (χ4n) is 2.03. The predicted molar refractivity (Wildman–Crippen MR) is 121 cm³/mol. The molecular weight excluding hydrogens is 412 g/mol. The SMILES string of the molecule is CCCCOP(=O)(N=P(OCCCC)(OCCCC)OCCCC)OCCCC. The highest BCUT2D eigenvalue weighted by Crippen LogP contribution is 2.65. The van der Waals surface area contributed by atoms with Crippen LogP contribution >= 0.6 is 15.5 Å². The molecular formula is C20H45NO6P2. The molecule has 0 aromatic rings. The van der Waals surface area contributed by atoms with Crippen LogP contribution < -0.4 is 0 Å². The highest BCUT2D eigenvalue weighted by molar-refractivity contribution is 7.63. The first-order chi connectivity index (χ1) is 14.0. The van der Waals surface area contributed by atoms with Crippen LogP contribution in [0, 0.1) is 0 Å². The van der Waals surface area contributed by atoms with E-state index in [4.69, 9.17) is 22.6 Å². The molecule has 0 aliphatic carbocycles. The molecule has 29 heavy (non-hydrogen) atoms. The lowest BCUT2D eigenvalue weighted by molar-refractivity contribution is 0.141. The monoisotopic (exact) mass is 457 g/mol. The van der Waals surface area contributed by atoms with Gasteiger partial charge in [0.05, 0.1) is 33.0 Å². The molecule has 0 aliphatic heterocycles. The van der Waals surface area contributed by atoms with Gasteiger partial charge in [-0.25, -0.2) is 4.57 Å². The zero-order valence-electron chi connectivity index (χ0n) is 19.4. The number of hydrogen-bond acceptors (Lipinski definition) is 6. The molecule has 9 heteroatoms. The molecule has 0 fully saturated rings. The number of hydrogen-bond donors (Lipinski definition) is 0. The highest BCUT2D eigenvalue weighted by Gasteiger charge is 2.34. The van der Waals surface area contributed by atoms with Crippen molar-refractivity contribution in [3.05, 3.63) is 0 Å². The molecule has 0 N–H and O–H groups in total. The molecule has 0 aliphatic rings. The van der Waals surface area contributed by atoms with Crippen molar-refractivity contribution in [3.8, 4) is 0 Å². The summed E-state index contributed by atoms with van der Waals surface area (Å²) in [6.07, 6.45) is 8.91. The zero-order chi connectivity index (χ0) is 21.8.